The van der Waals surface area contributed by atoms with Crippen LogP contribution >= 0.6 is 0 Å². The summed E-state index contributed by atoms with van der Waals surface area (Å²) in [6.07, 6.45) is 0.303. The Balaban J connectivity index is 1.81. The molecule has 5 nitrogen and oxygen atoms in total. The van der Waals surface area contributed by atoms with Gasteiger partial charge >= 0.3 is 0 Å². The van der Waals surface area contributed by atoms with E-state index < -0.39 is 0 Å². The van der Waals surface area contributed by atoms with Crippen molar-refractivity contribution in [3.05, 3.63) is 0 Å². The molecule has 1 amide bonds. The van der Waals surface area contributed by atoms with E-state index in [0.29, 0.717) is 12.6 Å². The Morgan fingerprint density at radius 1 is 1.35 bits per heavy atom. The van der Waals surface area contributed by atoms with Crippen LogP contribution in [0.3, 0.4) is 0 Å². The zero-order chi connectivity index (χ0) is 12.4. The molecule has 1 N–H and O–H groups in total. The van der Waals surface area contributed by atoms with Crippen LogP contribution in [-0.4, -0.2) is 73.7 Å². The van der Waals surface area contributed by atoms with Gasteiger partial charge in [-0.1, -0.05) is 0 Å². The van der Waals surface area contributed by atoms with Crippen LogP contribution in [-0.2, 0) is 9.53 Å². The molecule has 17 heavy (non-hydrogen) atoms. The summed E-state index contributed by atoms with van der Waals surface area (Å²) in [6.45, 7) is 8.01. The van der Waals surface area contributed by atoms with Gasteiger partial charge in [0.25, 0.3) is 0 Å². The fourth-order valence-electron chi connectivity index (χ4n) is 2.41. The van der Waals surface area contributed by atoms with E-state index in [1.54, 1.807) is 0 Å². The summed E-state index contributed by atoms with van der Waals surface area (Å²) in [5.41, 5.74) is 0. The Bertz CT molecular complexity index is 271. The summed E-state index contributed by atoms with van der Waals surface area (Å²) in [5.74, 6) is 0.224. The number of carbonyl (C=O) groups excluding carboxylic acids is 1. The van der Waals surface area contributed by atoms with Crippen LogP contribution in [0.25, 0.3) is 0 Å². The van der Waals surface area contributed by atoms with Crippen molar-refractivity contribution < 1.29 is 9.53 Å². The number of rotatable bonds is 3. The van der Waals surface area contributed by atoms with Gasteiger partial charge in [0.2, 0.25) is 5.91 Å². The maximum absolute atomic E-state index is 12.2. The molecule has 2 fully saturated rings. The Morgan fingerprint density at radius 2 is 1.94 bits per heavy atom. The number of nitrogens with one attached hydrogen (secondary N) is 1. The maximum atomic E-state index is 12.2. The molecule has 0 spiro atoms. The van der Waals surface area contributed by atoms with Crippen molar-refractivity contribution in [1.82, 2.24) is 15.1 Å². The van der Waals surface area contributed by atoms with Gasteiger partial charge < -0.3 is 15.0 Å². The third-order valence-electron chi connectivity index (χ3n) is 3.54. The highest BCUT2D eigenvalue weighted by atomic mass is 16.5. The molecule has 2 aliphatic heterocycles. The van der Waals surface area contributed by atoms with E-state index in [9.17, 15) is 4.79 Å². The number of likely N-dealkylation sites (N-methyl/N-ethyl adjacent to an activating group) is 1. The Hall–Kier alpha value is -0.650. The average Bonchev–Trinajstić information content (AvgIpc) is 2.12. The number of amides is 1. The van der Waals surface area contributed by atoms with E-state index in [0.717, 1.165) is 26.2 Å². The Labute approximate surface area is 103 Å². The van der Waals surface area contributed by atoms with Crippen LogP contribution in [0.1, 0.15) is 13.8 Å². The Kier molecular flexibility index (Phi) is 4.01. The van der Waals surface area contributed by atoms with Crippen molar-refractivity contribution in [2.24, 2.45) is 0 Å². The first-order valence-corrected chi connectivity index (χ1v) is 6.40. The van der Waals surface area contributed by atoms with Crippen LogP contribution in [0, 0.1) is 0 Å². The number of hydrogen-bond acceptors (Lipinski definition) is 4. The van der Waals surface area contributed by atoms with Crippen LogP contribution < -0.4 is 5.32 Å². The molecular formula is C12H23N3O2. The van der Waals surface area contributed by atoms with Crippen LogP contribution in [0.5, 0.6) is 0 Å². The summed E-state index contributed by atoms with van der Waals surface area (Å²) in [6, 6.07) is 0.523. The van der Waals surface area contributed by atoms with Gasteiger partial charge in [-0.25, -0.2) is 0 Å². The van der Waals surface area contributed by atoms with E-state index in [-0.39, 0.29) is 18.1 Å². The molecule has 2 heterocycles. The van der Waals surface area contributed by atoms with Crippen LogP contribution in [0.4, 0.5) is 0 Å². The largest absolute Gasteiger partial charge is 0.372 e. The molecule has 2 unspecified atom stereocenters. The second-order valence-electron chi connectivity index (χ2n) is 5.28. The second kappa shape index (κ2) is 5.33. The third-order valence-corrected chi connectivity index (χ3v) is 3.54. The zero-order valence-corrected chi connectivity index (χ0v) is 11.0. The van der Waals surface area contributed by atoms with Gasteiger partial charge in [-0.15, -0.1) is 0 Å². The number of morpholine rings is 1. The van der Waals surface area contributed by atoms with Gasteiger partial charge in [-0.05, 0) is 20.9 Å². The van der Waals surface area contributed by atoms with E-state index in [1.165, 1.54) is 0 Å². The summed E-state index contributed by atoms with van der Waals surface area (Å²) >= 11 is 0. The minimum atomic E-state index is 0.151. The number of ether oxygens (including phenoxy) is 1. The van der Waals surface area contributed by atoms with E-state index in [1.807, 2.05) is 25.8 Å². The van der Waals surface area contributed by atoms with E-state index in [2.05, 4.69) is 10.2 Å². The Morgan fingerprint density at radius 3 is 2.41 bits per heavy atom. The monoisotopic (exact) mass is 241 g/mol. The predicted octanol–water partition coefficient (Wildman–Crippen LogP) is -0.474. The quantitative estimate of drug-likeness (QED) is 0.725. The zero-order valence-electron chi connectivity index (χ0n) is 11.0. The van der Waals surface area contributed by atoms with E-state index >= 15 is 0 Å². The first-order chi connectivity index (χ1) is 8.06. The highest BCUT2D eigenvalue weighted by Gasteiger charge is 2.28. The standard InChI is InChI=1S/C12H23N3O2/c1-9-6-15(7-10(2)17-9)12(16)8-14(3)11-4-13-5-11/h9-11,13H,4-8H2,1-3H3. The molecular weight excluding hydrogens is 218 g/mol. The molecule has 5 heteroatoms. The topological polar surface area (TPSA) is 44.8 Å². The average molecular weight is 241 g/mol. The number of carbonyl (C=O) groups is 1. The van der Waals surface area contributed by atoms with Crippen molar-refractivity contribution in [2.45, 2.75) is 32.1 Å². The molecule has 2 saturated heterocycles. The molecule has 2 rings (SSSR count). The van der Waals surface area contributed by atoms with Gasteiger partial charge in [0.05, 0.1) is 18.8 Å². The summed E-state index contributed by atoms with van der Waals surface area (Å²) in [4.78, 5) is 16.2. The highest BCUT2D eigenvalue weighted by Crippen LogP contribution is 2.11. The lowest BCUT2D eigenvalue weighted by Crippen LogP contribution is -2.58. The smallest absolute Gasteiger partial charge is 0.236 e. The van der Waals surface area contributed by atoms with Crippen LogP contribution in [0.15, 0.2) is 0 Å². The molecule has 2 aliphatic rings. The van der Waals surface area contributed by atoms with Gasteiger partial charge in [0.1, 0.15) is 0 Å². The molecule has 0 aromatic rings. The van der Waals surface area contributed by atoms with Gasteiger partial charge in [-0.3, -0.25) is 9.69 Å². The fraction of sp³-hybridized carbons (Fsp3) is 0.917. The lowest BCUT2D eigenvalue weighted by Gasteiger charge is -2.39. The van der Waals surface area contributed by atoms with Gasteiger partial charge in [-0.2, -0.15) is 0 Å². The molecule has 0 aromatic heterocycles. The summed E-state index contributed by atoms with van der Waals surface area (Å²) in [7, 11) is 2.02. The molecule has 0 bridgehead atoms. The fourth-order valence-corrected chi connectivity index (χ4v) is 2.41. The summed E-state index contributed by atoms with van der Waals surface area (Å²) < 4.78 is 5.63. The number of nitrogens with zero attached hydrogens (tertiary/aromatic N) is 2. The minimum Gasteiger partial charge on any atom is -0.372 e. The van der Waals surface area contributed by atoms with Crippen molar-refractivity contribution in [1.29, 1.82) is 0 Å². The normalized spacial score (nSPS) is 30.5. The first kappa shape index (κ1) is 12.8. The molecule has 0 radical (unpaired) electrons. The summed E-state index contributed by atoms with van der Waals surface area (Å²) in [5, 5.41) is 3.22. The van der Waals surface area contributed by atoms with Crippen LogP contribution in [0.2, 0.25) is 0 Å². The van der Waals surface area contributed by atoms with Crippen molar-refractivity contribution in [2.75, 3.05) is 39.8 Å². The minimum absolute atomic E-state index is 0.151. The second-order valence-corrected chi connectivity index (χ2v) is 5.28. The molecule has 0 aliphatic carbocycles. The lowest BCUT2D eigenvalue weighted by atomic mass is 10.1. The third kappa shape index (κ3) is 3.18. The molecule has 98 valence electrons. The predicted molar refractivity (Wildman–Crippen MR) is 65.9 cm³/mol. The van der Waals surface area contributed by atoms with E-state index in [4.69, 9.17) is 4.74 Å². The number of hydrogen-bond donors (Lipinski definition) is 1. The van der Waals surface area contributed by atoms with Gasteiger partial charge in [0.15, 0.2) is 0 Å². The van der Waals surface area contributed by atoms with Crippen molar-refractivity contribution in [3.63, 3.8) is 0 Å². The lowest BCUT2D eigenvalue weighted by molar-refractivity contribution is -0.144. The molecule has 2 atom stereocenters. The van der Waals surface area contributed by atoms with Crippen molar-refractivity contribution >= 4 is 5.91 Å². The molecule has 0 aromatic carbocycles. The van der Waals surface area contributed by atoms with Crippen molar-refractivity contribution in [3.8, 4) is 0 Å². The first-order valence-electron chi connectivity index (χ1n) is 6.40. The molecule has 0 saturated carbocycles. The SMILES string of the molecule is CC1CN(C(=O)CN(C)C2CNC2)CC(C)O1. The maximum Gasteiger partial charge on any atom is 0.236 e. The van der Waals surface area contributed by atoms with Gasteiger partial charge in [0, 0.05) is 32.2 Å². The highest BCUT2D eigenvalue weighted by molar-refractivity contribution is 5.78.